The fraction of sp³-hybridized carbons (Fsp3) is 0.857. The standard InChI is InChI=1S/C14H22FNO4/c15-11-3-1-2-10(8-11)12(17)16-9-14(13(18)19)4-6-20-7-5-14/h10-11H,1-9H2,(H,16,17)(H,18,19). The maximum Gasteiger partial charge on any atom is 0.311 e. The second-order valence-corrected chi connectivity index (χ2v) is 5.88. The Morgan fingerprint density at radius 2 is 2.00 bits per heavy atom. The fourth-order valence-electron chi connectivity index (χ4n) is 3.00. The third-order valence-electron chi connectivity index (χ3n) is 4.49. The summed E-state index contributed by atoms with van der Waals surface area (Å²) < 4.78 is 18.5. The van der Waals surface area contributed by atoms with Crippen LogP contribution in [0.5, 0.6) is 0 Å². The van der Waals surface area contributed by atoms with E-state index in [0.717, 1.165) is 6.42 Å². The van der Waals surface area contributed by atoms with E-state index in [2.05, 4.69) is 5.32 Å². The highest BCUT2D eigenvalue weighted by Crippen LogP contribution is 2.31. The van der Waals surface area contributed by atoms with Crippen molar-refractivity contribution >= 4 is 11.9 Å². The highest BCUT2D eigenvalue weighted by molar-refractivity contribution is 5.80. The van der Waals surface area contributed by atoms with Crippen LogP contribution in [0.25, 0.3) is 0 Å². The van der Waals surface area contributed by atoms with Gasteiger partial charge in [-0.25, -0.2) is 4.39 Å². The lowest BCUT2D eigenvalue weighted by molar-refractivity contribution is -0.154. The van der Waals surface area contributed by atoms with Crippen molar-refractivity contribution in [2.45, 2.75) is 44.7 Å². The number of nitrogens with one attached hydrogen (secondary N) is 1. The van der Waals surface area contributed by atoms with Crippen molar-refractivity contribution < 1.29 is 23.8 Å². The van der Waals surface area contributed by atoms with E-state index in [4.69, 9.17) is 4.74 Å². The van der Waals surface area contributed by atoms with Gasteiger partial charge in [0.15, 0.2) is 0 Å². The van der Waals surface area contributed by atoms with Crippen LogP contribution < -0.4 is 5.32 Å². The van der Waals surface area contributed by atoms with Crippen molar-refractivity contribution in [1.82, 2.24) is 5.32 Å². The minimum absolute atomic E-state index is 0.109. The number of carboxylic acids is 1. The molecular weight excluding hydrogens is 265 g/mol. The number of carboxylic acid groups (broad SMARTS) is 1. The summed E-state index contributed by atoms with van der Waals surface area (Å²) in [6, 6.07) is 0. The first-order valence-corrected chi connectivity index (χ1v) is 7.26. The van der Waals surface area contributed by atoms with Gasteiger partial charge >= 0.3 is 5.97 Å². The molecule has 1 aliphatic carbocycles. The van der Waals surface area contributed by atoms with Gasteiger partial charge in [0.05, 0.1) is 5.41 Å². The van der Waals surface area contributed by atoms with E-state index >= 15 is 0 Å². The van der Waals surface area contributed by atoms with Crippen LogP contribution in [0.1, 0.15) is 38.5 Å². The molecule has 0 bridgehead atoms. The lowest BCUT2D eigenvalue weighted by Crippen LogP contribution is -2.48. The van der Waals surface area contributed by atoms with Gasteiger partial charge < -0.3 is 15.2 Å². The molecule has 0 aromatic rings. The molecule has 1 saturated heterocycles. The molecule has 0 spiro atoms. The summed E-state index contributed by atoms with van der Waals surface area (Å²) in [7, 11) is 0. The first-order chi connectivity index (χ1) is 9.53. The van der Waals surface area contributed by atoms with Gasteiger partial charge in [-0.15, -0.1) is 0 Å². The lowest BCUT2D eigenvalue weighted by Gasteiger charge is -2.34. The number of amides is 1. The topological polar surface area (TPSA) is 75.6 Å². The molecule has 1 heterocycles. The van der Waals surface area contributed by atoms with Crippen molar-refractivity contribution in [2.24, 2.45) is 11.3 Å². The maximum absolute atomic E-state index is 13.3. The van der Waals surface area contributed by atoms with Crippen LogP contribution in [0.2, 0.25) is 0 Å². The van der Waals surface area contributed by atoms with E-state index in [1.165, 1.54) is 0 Å². The molecule has 2 fully saturated rings. The van der Waals surface area contributed by atoms with Crippen LogP contribution in [0.15, 0.2) is 0 Å². The normalized spacial score (nSPS) is 29.6. The van der Waals surface area contributed by atoms with Gasteiger partial charge in [0.1, 0.15) is 6.17 Å². The Hall–Kier alpha value is -1.17. The van der Waals surface area contributed by atoms with Crippen LogP contribution in [-0.2, 0) is 14.3 Å². The molecule has 0 aromatic carbocycles. The van der Waals surface area contributed by atoms with Crippen molar-refractivity contribution in [2.75, 3.05) is 19.8 Å². The Balaban J connectivity index is 1.88. The summed E-state index contributed by atoms with van der Waals surface area (Å²) in [5.74, 6) is -1.42. The first-order valence-electron chi connectivity index (χ1n) is 7.26. The summed E-state index contributed by atoms with van der Waals surface area (Å²) in [5, 5.41) is 12.1. The second kappa shape index (κ2) is 6.52. The van der Waals surface area contributed by atoms with Crippen molar-refractivity contribution in [3.05, 3.63) is 0 Å². The minimum Gasteiger partial charge on any atom is -0.481 e. The molecule has 5 nitrogen and oxygen atoms in total. The molecule has 1 aliphatic heterocycles. The number of carbonyl (C=O) groups excluding carboxylic acids is 1. The summed E-state index contributed by atoms with van der Waals surface area (Å²) in [6.45, 7) is 0.911. The number of hydrogen-bond donors (Lipinski definition) is 2. The van der Waals surface area contributed by atoms with Crippen LogP contribution in [0, 0.1) is 11.3 Å². The molecule has 114 valence electrons. The van der Waals surface area contributed by atoms with Gasteiger partial charge in [-0.2, -0.15) is 0 Å². The van der Waals surface area contributed by atoms with Gasteiger partial charge in [0.25, 0.3) is 0 Å². The molecule has 2 rings (SSSR count). The van der Waals surface area contributed by atoms with E-state index in [1.807, 2.05) is 0 Å². The molecule has 20 heavy (non-hydrogen) atoms. The van der Waals surface area contributed by atoms with Crippen LogP contribution in [0.3, 0.4) is 0 Å². The number of ether oxygens (including phenoxy) is 1. The van der Waals surface area contributed by atoms with Crippen LogP contribution in [0.4, 0.5) is 4.39 Å². The van der Waals surface area contributed by atoms with Crippen LogP contribution >= 0.6 is 0 Å². The van der Waals surface area contributed by atoms with E-state index in [-0.39, 0.29) is 24.8 Å². The van der Waals surface area contributed by atoms with Gasteiger partial charge in [-0.3, -0.25) is 9.59 Å². The number of carbonyl (C=O) groups is 2. The number of aliphatic carboxylic acids is 1. The van der Waals surface area contributed by atoms with Gasteiger partial charge in [-0.05, 0) is 38.5 Å². The summed E-state index contributed by atoms with van der Waals surface area (Å²) >= 11 is 0. The molecule has 0 aromatic heterocycles. The van der Waals surface area contributed by atoms with E-state index in [0.29, 0.717) is 38.9 Å². The maximum atomic E-state index is 13.3. The quantitative estimate of drug-likeness (QED) is 0.822. The highest BCUT2D eigenvalue weighted by Gasteiger charge is 2.41. The molecular formula is C14H22FNO4. The number of alkyl halides is 1. The van der Waals surface area contributed by atoms with Crippen molar-refractivity contribution in [3.63, 3.8) is 0 Å². The van der Waals surface area contributed by atoms with Gasteiger partial charge in [0, 0.05) is 25.7 Å². The summed E-state index contributed by atoms with van der Waals surface area (Å²) in [6.07, 6.45) is 2.09. The van der Waals surface area contributed by atoms with Gasteiger partial charge in [0.2, 0.25) is 5.91 Å². The average Bonchev–Trinajstić information content (AvgIpc) is 2.45. The molecule has 1 amide bonds. The van der Waals surface area contributed by atoms with E-state index in [1.54, 1.807) is 0 Å². The van der Waals surface area contributed by atoms with Crippen molar-refractivity contribution in [3.8, 4) is 0 Å². The smallest absolute Gasteiger partial charge is 0.311 e. The molecule has 1 saturated carbocycles. The largest absolute Gasteiger partial charge is 0.481 e. The zero-order chi connectivity index (χ0) is 14.6. The molecule has 2 atom stereocenters. The molecule has 0 radical (unpaired) electrons. The monoisotopic (exact) mass is 287 g/mol. The van der Waals surface area contributed by atoms with Crippen LogP contribution in [-0.4, -0.2) is 42.9 Å². The lowest BCUT2D eigenvalue weighted by atomic mass is 9.80. The molecule has 2 unspecified atom stereocenters. The summed E-state index contributed by atoms with van der Waals surface area (Å²) in [5.41, 5.74) is -0.933. The Labute approximate surface area is 117 Å². The van der Waals surface area contributed by atoms with Crippen molar-refractivity contribution in [1.29, 1.82) is 0 Å². The fourth-order valence-corrected chi connectivity index (χ4v) is 3.00. The predicted molar refractivity (Wildman–Crippen MR) is 70.0 cm³/mol. The predicted octanol–water partition coefficient (Wildman–Crippen LogP) is 1.51. The number of rotatable bonds is 4. The Bertz CT molecular complexity index is 368. The second-order valence-electron chi connectivity index (χ2n) is 5.88. The Morgan fingerprint density at radius 1 is 1.30 bits per heavy atom. The third kappa shape index (κ3) is 3.48. The molecule has 6 heteroatoms. The Morgan fingerprint density at radius 3 is 2.60 bits per heavy atom. The minimum atomic E-state index is -0.933. The number of hydrogen-bond acceptors (Lipinski definition) is 3. The first kappa shape index (κ1) is 15.2. The third-order valence-corrected chi connectivity index (χ3v) is 4.49. The molecule has 2 aliphatic rings. The highest BCUT2D eigenvalue weighted by atomic mass is 19.1. The van der Waals surface area contributed by atoms with E-state index in [9.17, 15) is 19.1 Å². The zero-order valence-electron chi connectivity index (χ0n) is 11.6. The SMILES string of the molecule is O=C(NCC1(C(=O)O)CCOCC1)C1CCCC(F)C1. The summed E-state index contributed by atoms with van der Waals surface area (Å²) in [4.78, 5) is 23.5. The average molecular weight is 287 g/mol. The van der Waals surface area contributed by atoms with E-state index < -0.39 is 17.6 Å². The van der Waals surface area contributed by atoms with Gasteiger partial charge in [-0.1, -0.05) is 0 Å². The Kier molecular flexibility index (Phi) is 4.96. The zero-order valence-corrected chi connectivity index (χ0v) is 11.6. The number of halogens is 1. The molecule has 2 N–H and O–H groups in total.